The van der Waals surface area contributed by atoms with Gasteiger partial charge in [0.15, 0.2) is 0 Å². The van der Waals surface area contributed by atoms with Gasteiger partial charge in [-0.3, -0.25) is 0 Å². The molecule has 2 rings (SSSR count). The second-order valence-electron chi connectivity index (χ2n) is 6.46. The van der Waals surface area contributed by atoms with Gasteiger partial charge in [0.25, 0.3) is 0 Å². The zero-order valence-electron chi connectivity index (χ0n) is 11.4. The van der Waals surface area contributed by atoms with Crippen LogP contribution in [0, 0.1) is 11.3 Å². The van der Waals surface area contributed by atoms with Gasteiger partial charge in [0.05, 0.1) is 0 Å². The second kappa shape index (κ2) is 5.68. The molecule has 0 aromatic rings. The smallest absolute Gasteiger partial charge is 0.0468 e. The van der Waals surface area contributed by atoms with Gasteiger partial charge in [-0.15, -0.1) is 0 Å². The molecule has 1 saturated carbocycles. The van der Waals surface area contributed by atoms with Crippen molar-refractivity contribution in [2.75, 3.05) is 19.8 Å². The third-order valence-electron chi connectivity index (χ3n) is 4.72. The molecule has 0 radical (unpaired) electrons. The minimum Gasteiger partial charge on any atom is -0.381 e. The molecule has 100 valence electrons. The van der Waals surface area contributed by atoms with Gasteiger partial charge in [-0.05, 0) is 37.0 Å². The van der Waals surface area contributed by atoms with Crippen molar-refractivity contribution >= 4 is 0 Å². The normalized spacial score (nSPS) is 31.9. The van der Waals surface area contributed by atoms with Crippen LogP contribution in [0.25, 0.3) is 0 Å². The van der Waals surface area contributed by atoms with Crippen LogP contribution >= 0.6 is 0 Å². The molecular formula is C14H28N2O. The Labute approximate surface area is 105 Å². The molecule has 2 unspecified atom stereocenters. The quantitative estimate of drug-likeness (QED) is 0.789. The zero-order valence-corrected chi connectivity index (χ0v) is 11.4. The average Bonchev–Trinajstić information content (AvgIpc) is 2.74. The average molecular weight is 240 g/mol. The van der Waals surface area contributed by atoms with Crippen LogP contribution in [0.2, 0.25) is 0 Å². The van der Waals surface area contributed by atoms with Crippen LogP contribution in [0.15, 0.2) is 0 Å². The summed E-state index contributed by atoms with van der Waals surface area (Å²) in [7, 11) is 0. The van der Waals surface area contributed by atoms with Crippen LogP contribution in [-0.4, -0.2) is 31.8 Å². The Morgan fingerprint density at radius 2 is 1.88 bits per heavy atom. The third-order valence-corrected chi connectivity index (χ3v) is 4.72. The molecule has 1 aliphatic heterocycles. The van der Waals surface area contributed by atoms with Crippen LogP contribution in [-0.2, 0) is 4.74 Å². The Morgan fingerprint density at radius 3 is 2.47 bits per heavy atom. The number of hydrogen-bond donors (Lipinski definition) is 2. The summed E-state index contributed by atoms with van der Waals surface area (Å²) in [6.45, 7) is 7.75. The summed E-state index contributed by atoms with van der Waals surface area (Å²) >= 11 is 0. The van der Waals surface area contributed by atoms with Crippen molar-refractivity contribution in [3.63, 3.8) is 0 Å². The monoisotopic (exact) mass is 240 g/mol. The van der Waals surface area contributed by atoms with E-state index in [1.807, 2.05) is 0 Å². The number of rotatable bonds is 4. The van der Waals surface area contributed by atoms with Crippen LogP contribution in [0.1, 0.15) is 46.0 Å². The van der Waals surface area contributed by atoms with Gasteiger partial charge in [-0.25, -0.2) is 0 Å². The van der Waals surface area contributed by atoms with Crippen molar-refractivity contribution in [2.24, 2.45) is 17.1 Å². The molecule has 1 saturated heterocycles. The van der Waals surface area contributed by atoms with E-state index in [-0.39, 0.29) is 0 Å². The summed E-state index contributed by atoms with van der Waals surface area (Å²) in [6.07, 6.45) is 6.16. The molecular weight excluding hydrogens is 212 g/mol. The molecule has 0 aromatic carbocycles. The van der Waals surface area contributed by atoms with E-state index in [0.29, 0.717) is 17.5 Å². The molecule has 2 atom stereocenters. The van der Waals surface area contributed by atoms with Crippen molar-refractivity contribution in [3.8, 4) is 0 Å². The number of ether oxygens (including phenoxy) is 1. The Kier molecular flexibility index (Phi) is 4.45. The maximum atomic E-state index is 6.10. The van der Waals surface area contributed by atoms with Crippen molar-refractivity contribution in [1.29, 1.82) is 0 Å². The molecule has 0 amide bonds. The molecule has 0 aromatic heterocycles. The molecule has 0 bridgehead atoms. The molecule has 2 fully saturated rings. The van der Waals surface area contributed by atoms with Crippen molar-refractivity contribution < 1.29 is 4.74 Å². The lowest BCUT2D eigenvalue weighted by Crippen LogP contribution is -2.47. The summed E-state index contributed by atoms with van der Waals surface area (Å²) in [4.78, 5) is 0. The fraction of sp³-hybridized carbons (Fsp3) is 1.00. The van der Waals surface area contributed by atoms with E-state index in [2.05, 4.69) is 19.2 Å². The summed E-state index contributed by atoms with van der Waals surface area (Å²) in [5.41, 5.74) is 6.47. The topological polar surface area (TPSA) is 47.3 Å². The minimum atomic E-state index is 0.367. The first-order valence-electron chi connectivity index (χ1n) is 7.16. The summed E-state index contributed by atoms with van der Waals surface area (Å²) in [5, 5.41) is 3.70. The highest BCUT2D eigenvalue weighted by atomic mass is 16.5. The predicted octanol–water partition coefficient (Wildman–Crippen LogP) is 1.91. The van der Waals surface area contributed by atoms with E-state index in [1.54, 1.807) is 0 Å². The SMILES string of the molecule is CC(C)(CNC1CCCC1N)C1CCOCC1. The summed E-state index contributed by atoms with van der Waals surface area (Å²) in [6, 6.07) is 0.926. The van der Waals surface area contributed by atoms with Gasteiger partial charge in [-0.2, -0.15) is 0 Å². The van der Waals surface area contributed by atoms with Crippen LogP contribution in [0.4, 0.5) is 0 Å². The van der Waals surface area contributed by atoms with Gasteiger partial charge in [0, 0.05) is 31.8 Å². The maximum absolute atomic E-state index is 6.10. The third kappa shape index (κ3) is 3.43. The molecule has 3 heteroatoms. The van der Waals surface area contributed by atoms with E-state index in [4.69, 9.17) is 10.5 Å². The van der Waals surface area contributed by atoms with Gasteiger partial charge >= 0.3 is 0 Å². The predicted molar refractivity (Wildman–Crippen MR) is 70.9 cm³/mol. The van der Waals surface area contributed by atoms with E-state index in [9.17, 15) is 0 Å². The molecule has 1 heterocycles. The Bertz CT molecular complexity index is 236. The number of hydrogen-bond acceptors (Lipinski definition) is 3. The molecule has 3 N–H and O–H groups in total. The highest BCUT2D eigenvalue weighted by Crippen LogP contribution is 2.34. The van der Waals surface area contributed by atoms with E-state index in [1.165, 1.54) is 32.1 Å². The largest absolute Gasteiger partial charge is 0.381 e. The van der Waals surface area contributed by atoms with Gasteiger partial charge in [0.1, 0.15) is 0 Å². The van der Waals surface area contributed by atoms with Crippen LogP contribution in [0.5, 0.6) is 0 Å². The van der Waals surface area contributed by atoms with E-state index < -0.39 is 0 Å². The summed E-state index contributed by atoms with van der Waals surface area (Å²) in [5.74, 6) is 0.793. The van der Waals surface area contributed by atoms with Crippen molar-refractivity contribution in [2.45, 2.75) is 58.0 Å². The lowest BCUT2D eigenvalue weighted by atomic mass is 9.74. The summed E-state index contributed by atoms with van der Waals surface area (Å²) < 4.78 is 5.45. The second-order valence-corrected chi connectivity index (χ2v) is 6.46. The fourth-order valence-corrected chi connectivity index (χ4v) is 3.26. The van der Waals surface area contributed by atoms with Crippen LogP contribution in [0.3, 0.4) is 0 Å². The maximum Gasteiger partial charge on any atom is 0.0468 e. The molecule has 1 aliphatic carbocycles. The molecule has 2 aliphatic rings. The minimum absolute atomic E-state index is 0.367. The van der Waals surface area contributed by atoms with Crippen LogP contribution < -0.4 is 11.1 Å². The molecule has 17 heavy (non-hydrogen) atoms. The molecule has 0 spiro atoms. The lowest BCUT2D eigenvalue weighted by Gasteiger charge is -2.38. The Hall–Kier alpha value is -0.120. The number of nitrogens with one attached hydrogen (secondary N) is 1. The Balaban J connectivity index is 1.79. The van der Waals surface area contributed by atoms with E-state index in [0.717, 1.165) is 25.7 Å². The van der Waals surface area contributed by atoms with Crippen molar-refractivity contribution in [1.82, 2.24) is 5.32 Å². The Morgan fingerprint density at radius 1 is 1.18 bits per heavy atom. The lowest BCUT2D eigenvalue weighted by molar-refractivity contribution is 0.0219. The first-order valence-corrected chi connectivity index (χ1v) is 7.16. The first-order chi connectivity index (χ1) is 8.09. The van der Waals surface area contributed by atoms with Gasteiger partial charge < -0.3 is 15.8 Å². The zero-order chi connectivity index (χ0) is 12.3. The highest BCUT2D eigenvalue weighted by molar-refractivity contribution is 4.89. The fourth-order valence-electron chi connectivity index (χ4n) is 3.26. The van der Waals surface area contributed by atoms with Crippen molar-refractivity contribution in [3.05, 3.63) is 0 Å². The highest BCUT2D eigenvalue weighted by Gasteiger charge is 2.32. The van der Waals surface area contributed by atoms with Gasteiger partial charge in [0.2, 0.25) is 0 Å². The van der Waals surface area contributed by atoms with E-state index >= 15 is 0 Å². The van der Waals surface area contributed by atoms with Gasteiger partial charge in [-0.1, -0.05) is 20.3 Å². The number of nitrogens with two attached hydrogens (primary N) is 1. The standard InChI is InChI=1S/C14H28N2O/c1-14(2,11-6-8-17-9-7-11)10-16-13-5-3-4-12(13)15/h11-13,16H,3-10,15H2,1-2H3. The molecule has 3 nitrogen and oxygen atoms in total. The first kappa shape index (κ1) is 13.3.